The van der Waals surface area contributed by atoms with Crippen molar-refractivity contribution in [2.24, 2.45) is 0 Å². The van der Waals surface area contributed by atoms with Gasteiger partial charge in [0, 0.05) is 44.4 Å². The van der Waals surface area contributed by atoms with Crippen molar-refractivity contribution in [3.63, 3.8) is 0 Å². The largest absolute Gasteiger partial charge is 0.497 e. The van der Waals surface area contributed by atoms with Gasteiger partial charge in [-0.1, -0.05) is 0 Å². The monoisotopic (exact) mass is 380 g/mol. The molecule has 1 aliphatic rings. The minimum Gasteiger partial charge on any atom is -0.497 e. The molecule has 8 heteroatoms. The summed E-state index contributed by atoms with van der Waals surface area (Å²) in [7, 11) is 4.42. The number of nitrogens with zero attached hydrogens (tertiary/aromatic N) is 2. The van der Waals surface area contributed by atoms with Crippen LogP contribution in [0.4, 0.5) is 0 Å². The summed E-state index contributed by atoms with van der Waals surface area (Å²) in [6, 6.07) is 5.05. The van der Waals surface area contributed by atoms with Gasteiger partial charge in [-0.25, -0.2) is 0 Å². The first-order valence-corrected chi connectivity index (χ1v) is 8.96. The highest BCUT2D eigenvalue weighted by molar-refractivity contribution is 5.95. The molecule has 0 spiro atoms. The summed E-state index contributed by atoms with van der Waals surface area (Å²) in [6.45, 7) is 4.59. The summed E-state index contributed by atoms with van der Waals surface area (Å²) in [4.78, 5) is 28.5. The summed E-state index contributed by atoms with van der Waals surface area (Å²) in [5, 5.41) is 0. The number of esters is 1. The minimum atomic E-state index is -0.345. The molecule has 1 saturated heterocycles. The lowest BCUT2D eigenvalue weighted by molar-refractivity contribution is -0.140. The van der Waals surface area contributed by atoms with Gasteiger partial charge in [-0.15, -0.1) is 0 Å². The SMILES string of the molecule is COC(=O)CCN(CCN1CCOCC1)C(=O)c1cc(OC)cc(OC)c1. The summed E-state index contributed by atoms with van der Waals surface area (Å²) < 4.78 is 20.6. The Morgan fingerprint density at radius 2 is 1.67 bits per heavy atom. The second-order valence-corrected chi connectivity index (χ2v) is 6.17. The zero-order valence-corrected chi connectivity index (χ0v) is 16.2. The number of hydrogen-bond donors (Lipinski definition) is 0. The third-order valence-electron chi connectivity index (χ3n) is 4.49. The Hall–Kier alpha value is -2.32. The molecule has 0 radical (unpaired) electrons. The lowest BCUT2D eigenvalue weighted by atomic mass is 10.1. The maximum absolute atomic E-state index is 13.1. The highest BCUT2D eigenvalue weighted by atomic mass is 16.5. The predicted molar refractivity (Wildman–Crippen MR) is 99.3 cm³/mol. The molecule has 8 nitrogen and oxygen atoms in total. The number of morpholine rings is 1. The van der Waals surface area contributed by atoms with Gasteiger partial charge < -0.3 is 23.8 Å². The van der Waals surface area contributed by atoms with Crippen LogP contribution in [0.1, 0.15) is 16.8 Å². The van der Waals surface area contributed by atoms with E-state index in [9.17, 15) is 9.59 Å². The molecule has 2 rings (SSSR count). The number of ether oxygens (including phenoxy) is 4. The van der Waals surface area contributed by atoms with Crippen LogP contribution in [0.5, 0.6) is 11.5 Å². The molecule has 0 N–H and O–H groups in total. The second-order valence-electron chi connectivity index (χ2n) is 6.17. The van der Waals surface area contributed by atoms with Crippen LogP contribution in [0.2, 0.25) is 0 Å². The fourth-order valence-electron chi connectivity index (χ4n) is 2.84. The van der Waals surface area contributed by atoms with Crippen LogP contribution >= 0.6 is 0 Å². The maximum atomic E-state index is 13.1. The molecule has 1 fully saturated rings. The van der Waals surface area contributed by atoms with Crippen LogP contribution in [-0.4, -0.2) is 88.9 Å². The average Bonchev–Trinajstić information content (AvgIpc) is 2.73. The van der Waals surface area contributed by atoms with E-state index in [1.807, 2.05) is 0 Å². The first-order valence-electron chi connectivity index (χ1n) is 8.96. The van der Waals surface area contributed by atoms with Crippen molar-refractivity contribution in [1.82, 2.24) is 9.80 Å². The average molecular weight is 380 g/mol. The van der Waals surface area contributed by atoms with Crippen molar-refractivity contribution < 1.29 is 28.5 Å². The van der Waals surface area contributed by atoms with Gasteiger partial charge in [0.15, 0.2) is 0 Å². The lowest BCUT2D eigenvalue weighted by Gasteiger charge is -2.30. The molecule has 0 atom stereocenters. The van der Waals surface area contributed by atoms with Gasteiger partial charge >= 0.3 is 5.97 Å². The van der Waals surface area contributed by atoms with Crippen molar-refractivity contribution in [3.8, 4) is 11.5 Å². The summed E-state index contributed by atoms with van der Waals surface area (Å²) in [5.41, 5.74) is 0.457. The molecule has 0 saturated carbocycles. The van der Waals surface area contributed by atoms with E-state index in [1.54, 1.807) is 23.1 Å². The van der Waals surface area contributed by atoms with Crippen molar-refractivity contribution in [2.75, 3.05) is 67.3 Å². The third-order valence-corrected chi connectivity index (χ3v) is 4.49. The first kappa shape index (κ1) is 21.0. The molecule has 0 aliphatic carbocycles. The Labute approximate surface area is 159 Å². The van der Waals surface area contributed by atoms with Crippen LogP contribution < -0.4 is 9.47 Å². The number of rotatable bonds is 9. The van der Waals surface area contributed by atoms with Crippen LogP contribution in [-0.2, 0) is 14.3 Å². The number of methoxy groups -OCH3 is 3. The number of benzene rings is 1. The zero-order chi connectivity index (χ0) is 19.6. The van der Waals surface area contributed by atoms with E-state index in [0.29, 0.717) is 36.8 Å². The Morgan fingerprint density at radius 1 is 1.04 bits per heavy atom. The highest BCUT2D eigenvalue weighted by Gasteiger charge is 2.20. The molecule has 1 amide bonds. The molecule has 27 heavy (non-hydrogen) atoms. The van der Waals surface area contributed by atoms with Gasteiger partial charge in [0.2, 0.25) is 0 Å². The van der Waals surface area contributed by atoms with Crippen molar-refractivity contribution in [2.45, 2.75) is 6.42 Å². The van der Waals surface area contributed by atoms with Crippen molar-refractivity contribution in [1.29, 1.82) is 0 Å². The molecule has 1 aromatic carbocycles. The van der Waals surface area contributed by atoms with E-state index in [4.69, 9.17) is 18.9 Å². The summed E-state index contributed by atoms with van der Waals surface area (Å²) in [5.74, 6) is 0.560. The minimum absolute atomic E-state index is 0.145. The van der Waals surface area contributed by atoms with E-state index in [-0.39, 0.29) is 24.8 Å². The quantitative estimate of drug-likeness (QED) is 0.593. The molecule has 1 heterocycles. The highest BCUT2D eigenvalue weighted by Crippen LogP contribution is 2.23. The molecule has 150 valence electrons. The van der Waals surface area contributed by atoms with Crippen LogP contribution in [0, 0.1) is 0 Å². The number of carbonyl (C=O) groups excluding carboxylic acids is 2. The molecular weight excluding hydrogens is 352 g/mol. The fraction of sp³-hybridized carbons (Fsp3) is 0.579. The Kier molecular flexibility index (Phi) is 8.35. The number of carbonyl (C=O) groups is 2. The van der Waals surface area contributed by atoms with Gasteiger partial charge in [0.1, 0.15) is 11.5 Å². The fourth-order valence-corrected chi connectivity index (χ4v) is 2.84. The smallest absolute Gasteiger partial charge is 0.307 e. The van der Waals surface area contributed by atoms with E-state index in [1.165, 1.54) is 21.3 Å². The normalized spacial score (nSPS) is 14.5. The Bertz CT molecular complexity index is 608. The van der Waals surface area contributed by atoms with Gasteiger partial charge in [0.05, 0.1) is 41.0 Å². The van der Waals surface area contributed by atoms with Crippen LogP contribution in [0.25, 0.3) is 0 Å². The third kappa shape index (κ3) is 6.41. The van der Waals surface area contributed by atoms with E-state index in [0.717, 1.165) is 19.6 Å². The van der Waals surface area contributed by atoms with Gasteiger partial charge in [-0.2, -0.15) is 0 Å². The molecular formula is C19H28N2O6. The summed E-state index contributed by atoms with van der Waals surface area (Å²) in [6.07, 6.45) is 0.145. The van der Waals surface area contributed by atoms with Gasteiger partial charge in [-0.05, 0) is 12.1 Å². The molecule has 0 unspecified atom stereocenters. The molecule has 0 bridgehead atoms. The van der Waals surface area contributed by atoms with Gasteiger partial charge in [0.25, 0.3) is 5.91 Å². The van der Waals surface area contributed by atoms with Crippen molar-refractivity contribution >= 4 is 11.9 Å². The standard InChI is InChI=1S/C19H28N2O6/c1-24-16-12-15(13-17(14-16)25-2)19(23)21(5-4-18(22)26-3)7-6-20-8-10-27-11-9-20/h12-14H,4-11H2,1-3H3. The van der Waals surface area contributed by atoms with Gasteiger partial charge in [-0.3, -0.25) is 14.5 Å². The van der Waals surface area contributed by atoms with Crippen molar-refractivity contribution in [3.05, 3.63) is 23.8 Å². The van der Waals surface area contributed by atoms with E-state index < -0.39 is 0 Å². The Balaban J connectivity index is 2.12. The summed E-state index contributed by atoms with van der Waals surface area (Å²) >= 11 is 0. The topological polar surface area (TPSA) is 77.5 Å². The van der Waals surface area contributed by atoms with E-state index in [2.05, 4.69) is 4.90 Å². The van der Waals surface area contributed by atoms with E-state index >= 15 is 0 Å². The van der Waals surface area contributed by atoms with Crippen LogP contribution in [0.3, 0.4) is 0 Å². The van der Waals surface area contributed by atoms with Crippen LogP contribution in [0.15, 0.2) is 18.2 Å². The molecule has 1 aromatic rings. The molecule has 1 aliphatic heterocycles. The maximum Gasteiger partial charge on any atom is 0.307 e. The lowest BCUT2D eigenvalue weighted by Crippen LogP contribution is -2.43. The first-order chi connectivity index (χ1) is 13.1. The second kappa shape index (κ2) is 10.7. The number of amides is 1. The Morgan fingerprint density at radius 3 is 2.22 bits per heavy atom. The zero-order valence-electron chi connectivity index (χ0n) is 16.2. The predicted octanol–water partition coefficient (Wildman–Crippen LogP) is 1.04. The number of hydrogen-bond acceptors (Lipinski definition) is 7. The molecule has 0 aromatic heterocycles.